The Morgan fingerprint density at radius 1 is 0.525 bits per heavy atom. The van der Waals surface area contributed by atoms with Gasteiger partial charge in [0.05, 0.1) is 0 Å². The lowest BCUT2D eigenvalue weighted by Gasteiger charge is -2.21. The Labute approximate surface area is 235 Å². The van der Waals surface area contributed by atoms with Crippen molar-refractivity contribution in [2.45, 2.75) is 52.6 Å². The summed E-state index contributed by atoms with van der Waals surface area (Å²) in [5, 5.41) is 9.64. The van der Waals surface area contributed by atoms with Crippen LogP contribution in [0, 0.1) is 0 Å². The Bertz CT molecular complexity index is 1550. The minimum Gasteiger partial charge on any atom is -0.508 e. The summed E-state index contributed by atoms with van der Waals surface area (Å²) in [6.45, 7) is 12.1. The average molecular weight is 535 g/mol. The lowest BCUT2D eigenvalue weighted by atomic mass is 9.86. The van der Waals surface area contributed by atoms with Crippen molar-refractivity contribution in [3.63, 3.8) is 0 Å². The fraction of sp³-hybridized carbons (Fsp3) is 0.229. The Kier molecular flexibility index (Phi) is 7.79. The van der Waals surface area contributed by atoms with E-state index in [9.17, 15) is 19.5 Å². The summed E-state index contributed by atoms with van der Waals surface area (Å²) in [4.78, 5) is 40.5. The van der Waals surface area contributed by atoms with E-state index in [2.05, 4.69) is 20.8 Å². The van der Waals surface area contributed by atoms with Crippen LogP contribution in [0.2, 0.25) is 0 Å². The van der Waals surface area contributed by atoms with E-state index < -0.39 is 0 Å². The molecule has 0 saturated carbocycles. The third kappa shape index (κ3) is 6.73. The summed E-state index contributed by atoms with van der Waals surface area (Å²) in [7, 11) is 0. The fourth-order valence-corrected chi connectivity index (χ4v) is 4.28. The van der Waals surface area contributed by atoms with Crippen LogP contribution in [0.25, 0.3) is 0 Å². The lowest BCUT2D eigenvalue weighted by molar-refractivity contribution is 0.103. The maximum atomic E-state index is 13.6. The summed E-state index contributed by atoms with van der Waals surface area (Å²) < 4.78 is 5.86. The molecule has 0 radical (unpaired) electrons. The second-order valence-electron chi connectivity index (χ2n) is 11.9. The van der Waals surface area contributed by atoms with Crippen LogP contribution < -0.4 is 4.74 Å². The van der Waals surface area contributed by atoms with Gasteiger partial charge < -0.3 is 9.84 Å². The highest BCUT2D eigenvalue weighted by molar-refractivity contribution is 6.17. The van der Waals surface area contributed by atoms with E-state index in [0.717, 1.165) is 5.56 Å². The molecule has 0 atom stereocenters. The number of ketones is 3. The average Bonchev–Trinajstić information content (AvgIpc) is 2.91. The van der Waals surface area contributed by atoms with E-state index in [1.807, 2.05) is 32.9 Å². The van der Waals surface area contributed by atoms with E-state index in [1.165, 1.54) is 42.5 Å². The number of benzene rings is 4. The molecule has 0 bridgehead atoms. The highest BCUT2D eigenvalue weighted by Crippen LogP contribution is 2.26. The minimum atomic E-state index is -0.380. The van der Waals surface area contributed by atoms with Gasteiger partial charge in [0, 0.05) is 33.4 Å². The quantitative estimate of drug-likeness (QED) is 0.248. The number of aromatic hydroxyl groups is 1. The topological polar surface area (TPSA) is 80.7 Å². The maximum absolute atomic E-state index is 13.6. The molecule has 0 unspecified atom stereocenters. The summed E-state index contributed by atoms with van der Waals surface area (Å²) in [6, 6.07) is 24.6. The molecule has 4 aromatic rings. The molecule has 0 heterocycles. The zero-order chi connectivity index (χ0) is 29.2. The van der Waals surface area contributed by atoms with Crippen molar-refractivity contribution in [3.05, 3.63) is 130 Å². The second-order valence-corrected chi connectivity index (χ2v) is 11.9. The van der Waals surface area contributed by atoms with Crippen molar-refractivity contribution in [3.8, 4) is 11.5 Å². The molecule has 204 valence electrons. The van der Waals surface area contributed by atoms with Crippen molar-refractivity contribution in [1.82, 2.24) is 0 Å². The third-order valence-electron chi connectivity index (χ3n) is 6.40. The van der Waals surface area contributed by atoms with E-state index in [-0.39, 0.29) is 50.8 Å². The van der Waals surface area contributed by atoms with Gasteiger partial charge in [-0.3, -0.25) is 14.4 Å². The summed E-state index contributed by atoms with van der Waals surface area (Å²) >= 11 is 0. The molecule has 4 aromatic carbocycles. The molecule has 0 aliphatic rings. The van der Waals surface area contributed by atoms with Gasteiger partial charge in [0.1, 0.15) is 17.1 Å². The highest BCUT2D eigenvalue weighted by atomic mass is 16.5. The first-order valence-corrected chi connectivity index (χ1v) is 13.2. The van der Waals surface area contributed by atoms with Crippen LogP contribution in [0.4, 0.5) is 0 Å². The molecule has 5 heteroatoms. The molecule has 5 nitrogen and oxygen atoms in total. The van der Waals surface area contributed by atoms with Crippen molar-refractivity contribution in [2.75, 3.05) is 0 Å². The molecule has 4 rings (SSSR count). The molecule has 0 aliphatic heterocycles. The minimum absolute atomic E-state index is 0.0361. The first kappa shape index (κ1) is 28.5. The fourth-order valence-electron chi connectivity index (χ4n) is 4.28. The molecule has 0 aromatic heterocycles. The number of hydrogen-bond donors (Lipinski definition) is 1. The highest BCUT2D eigenvalue weighted by Gasteiger charge is 2.21. The molecule has 0 spiro atoms. The predicted molar refractivity (Wildman–Crippen MR) is 157 cm³/mol. The van der Waals surface area contributed by atoms with Gasteiger partial charge in [-0.25, -0.2) is 0 Å². The van der Waals surface area contributed by atoms with E-state index in [0.29, 0.717) is 22.4 Å². The van der Waals surface area contributed by atoms with Crippen molar-refractivity contribution >= 4 is 17.3 Å². The number of carbonyl (C=O) groups is 3. The smallest absolute Gasteiger partial charge is 0.193 e. The zero-order valence-electron chi connectivity index (χ0n) is 23.7. The monoisotopic (exact) mass is 534 g/mol. The predicted octanol–water partition coefficient (Wildman–Crippen LogP) is 7.56. The molecule has 40 heavy (non-hydrogen) atoms. The Morgan fingerprint density at radius 3 is 1.23 bits per heavy atom. The first-order chi connectivity index (χ1) is 18.7. The molecule has 0 fully saturated rings. The Morgan fingerprint density at radius 2 is 0.875 bits per heavy atom. The zero-order valence-corrected chi connectivity index (χ0v) is 23.7. The molecular formula is C35H34O5. The van der Waals surface area contributed by atoms with E-state index in [1.54, 1.807) is 36.4 Å². The van der Waals surface area contributed by atoms with Gasteiger partial charge in [-0.2, -0.15) is 0 Å². The van der Waals surface area contributed by atoms with Gasteiger partial charge >= 0.3 is 0 Å². The van der Waals surface area contributed by atoms with Gasteiger partial charge in [0.15, 0.2) is 17.3 Å². The van der Waals surface area contributed by atoms with Gasteiger partial charge in [-0.15, -0.1) is 0 Å². The van der Waals surface area contributed by atoms with E-state index in [4.69, 9.17) is 4.74 Å². The van der Waals surface area contributed by atoms with Gasteiger partial charge in [-0.1, -0.05) is 45.0 Å². The van der Waals surface area contributed by atoms with Crippen molar-refractivity contribution in [2.24, 2.45) is 0 Å². The normalized spacial score (nSPS) is 11.7. The summed E-state index contributed by atoms with van der Waals surface area (Å²) in [5.41, 5.74) is 2.52. The van der Waals surface area contributed by atoms with Crippen LogP contribution >= 0.6 is 0 Å². The number of phenols is 1. The van der Waals surface area contributed by atoms with Gasteiger partial charge in [0.2, 0.25) is 0 Å². The largest absolute Gasteiger partial charge is 0.508 e. The standard InChI is InChI=1S/C35H34O5/c1-34(2,3)28-13-7-22(8-14-28)31(37)25-19-26(32(38)23-9-15-29(36)16-10-23)21-27(20-25)33(39)24-11-17-30(18-12-24)40-35(4,5)6/h7-21,36H,1-6H3. The van der Waals surface area contributed by atoms with Crippen LogP contribution in [0.5, 0.6) is 11.5 Å². The lowest BCUT2D eigenvalue weighted by Crippen LogP contribution is -2.22. The number of phenolic OH excluding ortho intramolecular Hbond substituents is 1. The summed E-state index contributed by atoms with van der Waals surface area (Å²) in [5.74, 6) is -0.298. The van der Waals surface area contributed by atoms with Crippen LogP contribution in [-0.2, 0) is 5.41 Å². The molecular weight excluding hydrogens is 500 g/mol. The molecule has 0 saturated heterocycles. The van der Waals surface area contributed by atoms with Crippen LogP contribution in [0.3, 0.4) is 0 Å². The third-order valence-corrected chi connectivity index (χ3v) is 6.40. The second kappa shape index (κ2) is 10.9. The number of ether oxygens (including phenoxy) is 1. The summed E-state index contributed by atoms with van der Waals surface area (Å²) in [6.07, 6.45) is 0. The van der Waals surface area contributed by atoms with Crippen LogP contribution in [-0.4, -0.2) is 28.1 Å². The first-order valence-electron chi connectivity index (χ1n) is 13.2. The molecule has 0 aliphatic carbocycles. The van der Waals surface area contributed by atoms with Crippen molar-refractivity contribution in [1.29, 1.82) is 0 Å². The SMILES string of the molecule is CC(C)(C)Oc1ccc(C(=O)c2cc(C(=O)c3ccc(O)cc3)cc(C(=O)c3ccc(C(C)(C)C)cc3)c2)cc1. The number of hydrogen-bond acceptors (Lipinski definition) is 5. The van der Waals surface area contributed by atoms with Crippen LogP contribution in [0.15, 0.2) is 91.0 Å². The van der Waals surface area contributed by atoms with Crippen LogP contribution in [0.1, 0.15) is 94.9 Å². The number of rotatable bonds is 7. The molecule has 1 N–H and O–H groups in total. The number of carbonyl (C=O) groups excluding carboxylic acids is 3. The van der Waals surface area contributed by atoms with Gasteiger partial charge in [0.25, 0.3) is 0 Å². The van der Waals surface area contributed by atoms with Crippen molar-refractivity contribution < 1.29 is 24.2 Å². The van der Waals surface area contributed by atoms with E-state index >= 15 is 0 Å². The molecule has 0 amide bonds. The maximum Gasteiger partial charge on any atom is 0.193 e. The van der Waals surface area contributed by atoms with Gasteiger partial charge in [-0.05, 0) is 98.5 Å². The Balaban J connectivity index is 1.75. The Hall–Kier alpha value is -4.51.